The van der Waals surface area contributed by atoms with Gasteiger partial charge in [0.1, 0.15) is 6.10 Å². The number of carbonyl (C=O) groups excluding carboxylic acids is 1. The summed E-state index contributed by atoms with van der Waals surface area (Å²) in [6, 6.07) is 0. The monoisotopic (exact) mass is 226 g/mol. The van der Waals surface area contributed by atoms with E-state index in [9.17, 15) is 4.79 Å². The van der Waals surface area contributed by atoms with E-state index < -0.39 is 0 Å². The lowest BCUT2D eigenvalue weighted by molar-refractivity contribution is -0.145. The summed E-state index contributed by atoms with van der Waals surface area (Å²) in [6.07, 6.45) is 6.18. The van der Waals surface area contributed by atoms with E-state index in [4.69, 9.17) is 4.74 Å². The van der Waals surface area contributed by atoms with Crippen LogP contribution in [0.5, 0.6) is 0 Å². The van der Waals surface area contributed by atoms with Crippen LogP contribution in [-0.2, 0) is 9.53 Å². The first-order valence-electron chi connectivity index (χ1n) is 6.35. The molecule has 0 heterocycles. The highest BCUT2D eigenvalue weighted by Gasteiger charge is 2.16. The first-order valence-corrected chi connectivity index (χ1v) is 6.35. The number of hydrogen-bond acceptors (Lipinski definition) is 2. The molecule has 0 amide bonds. The van der Waals surface area contributed by atoms with E-state index in [0.717, 1.165) is 6.42 Å². The predicted octanol–water partition coefficient (Wildman–Crippen LogP) is 4.10. The molecular weight excluding hydrogens is 200 g/mol. The third-order valence-corrected chi connectivity index (χ3v) is 2.96. The molecule has 0 rings (SSSR count). The van der Waals surface area contributed by atoms with Crippen molar-refractivity contribution >= 4 is 5.97 Å². The van der Waals surface area contributed by atoms with E-state index in [2.05, 4.69) is 20.4 Å². The lowest BCUT2D eigenvalue weighted by atomic mass is 9.98. The molecule has 2 nitrogen and oxygen atoms in total. The van der Waals surface area contributed by atoms with E-state index in [1.165, 1.54) is 25.7 Å². The van der Waals surface area contributed by atoms with Crippen molar-refractivity contribution in [2.45, 2.75) is 65.9 Å². The average molecular weight is 226 g/mol. The molecule has 0 radical (unpaired) electrons. The smallest absolute Gasteiger partial charge is 0.333 e. The second-order valence-corrected chi connectivity index (χ2v) is 4.72. The van der Waals surface area contributed by atoms with Gasteiger partial charge in [0.25, 0.3) is 0 Å². The molecule has 2 atom stereocenters. The van der Waals surface area contributed by atoms with Crippen LogP contribution in [0.3, 0.4) is 0 Å². The summed E-state index contributed by atoms with van der Waals surface area (Å²) >= 11 is 0. The van der Waals surface area contributed by atoms with E-state index in [1.54, 1.807) is 6.92 Å². The van der Waals surface area contributed by atoms with Gasteiger partial charge in [-0.15, -0.1) is 0 Å². The van der Waals surface area contributed by atoms with Crippen LogP contribution in [-0.4, -0.2) is 12.1 Å². The third-order valence-electron chi connectivity index (χ3n) is 2.96. The Morgan fingerprint density at radius 3 is 2.38 bits per heavy atom. The minimum absolute atomic E-state index is 0.00849. The highest BCUT2D eigenvalue weighted by molar-refractivity contribution is 5.87. The molecular formula is C14H26O2. The topological polar surface area (TPSA) is 26.3 Å². The first-order chi connectivity index (χ1) is 7.49. The largest absolute Gasteiger partial charge is 0.459 e. The van der Waals surface area contributed by atoms with Crippen LogP contribution in [0.4, 0.5) is 0 Å². The summed E-state index contributed by atoms with van der Waals surface area (Å²) < 4.78 is 5.29. The van der Waals surface area contributed by atoms with Crippen LogP contribution in [0.25, 0.3) is 0 Å². The van der Waals surface area contributed by atoms with Gasteiger partial charge < -0.3 is 4.74 Å². The summed E-state index contributed by atoms with van der Waals surface area (Å²) in [7, 11) is 0. The van der Waals surface area contributed by atoms with Crippen LogP contribution in [0.15, 0.2) is 12.2 Å². The van der Waals surface area contributed by atoms with Gasteiger partial charge in [-0.1, -0.05) is 46.1 Å². The lowest BCUT2D eigenvalue weighted by Crippen LogP contribution is -2.22. The Hall–Kier alpha value is -0.790. The molecule has 0 saturated heterocycles. The summed E-state index contributed by atoms with van der Waals surface area (Å²) in [4.78, 5) is 11.3. The number of unbranched alkanes of at least 4 members (excludes halogenated alkanes) is 3. The first kappa shape index (κ1) is 15.2. The second-order valence-electron chi connectivity index (χ2n) is 4.72. The zero-order chi connectivity index (χ0) is 12.6. The Bertz CT molecular complexity index is 221. The van der Waals surface area contributed by atoms with Gasteiger partial charge in [0.15, 0.2) is 0 Å². The maximum Gasteiger partial charge on any atom is 0.333 e. The standard InChI is InChI=1S/C14H26O2/c1-6-7-8-9-10-12(4)13(5)16-14(15)11(2)3/h12-13H,2,6-10H2,1,3-5H3. The number of rotatable bonds is 8. The maximum atomic E-state index is 11.3. The second kappa shape index (κ2) is 8.37. The zero-order valence-electron chi connectivity index (χ0n) is 11.2. The third kappa shape index (κ3) is 6.65. The summed E-state index contributed by atoms with van der Waals surface area (Å²) in [5, 5.41) is 0. The molecule has 0 aromatic carbocycles. The highest BCUT2D eigenvalue weighted by Crippen LogP contribution is 2.17. The number of carbonyl (C=O) groups is 1. The van der Waals surface area contributed by atoms with E-state index >= 15 is 0 Å². The molecule has 0 bridgehead atoms. The van der Waals surface area contributed by atoms with Gasteiger partial charge in [-0.25, -0.2) is 4.79 Å². The van der Waals surface area contributed by atoms with Gasteiger partial charge in [-0.2, -0.15) is 0 Å². The SMILES string of the molecule is C=C(C)C(=O)OC(C)C(C)CCCCCC. The van der Waals surface area contributed by atoms with Crippen LogP contribution >= 0.6 is 0 Å². The van der Waals surface area contributed by atoms with Crippen molar-refractivity contribution in [3.05, 3.63) is 12.2 Å². The normalized spacial score (nSPS) is 14.2. The molecule has 0 N–H and O–H groups in total. The summed E-state index contributed by atoms with van der Waals surface area (Å²) in [6.45, 7) is 11.6. The van der Waals surface area contributed by atoms with Crippen molar-refractivity contribution in [1.29, 1.82) is 0 Å². The molecule has 0 saturated carbocycles. The molecule has 0 aromatic heterocycles. The maximum absolute atomic E-state index is 11.3. The van der Waals surface area contributed by atoms with Gasteiger partial charge in [-0.05, 0) is 26.2 Å². The Morgan fingerprint density at radius 1 is 1.25 bits per heavy atom. The number of hydrogen-bond donors (Lipinski definition) is 0. The van der Waals surface area contributed by atoms with Crippen molar-refractivity contribution < 1.29 is 9.53 Å². The minimum atomic E-state index is -0.270. The Morgan fingerprint density at radius 2 is 1.88 bits per heavy atom. The van der Waals surface area contributed by atoms with Crippen molar-refractivity contribution in [3.63, 3.8) is 0 Å². The Labute approximate surface area is 100 Å². The van der Waals surface area contributed by atoms with E-state index in [1.807, 2.05) is 6.92 Å². The average Bonchev–Trinajstić information content (AvgIpc) is 2.23. The summed E-state index contributed by atoms with van der Waals surface area (Å²) in [5.74, 6) is 0.160. The summed E-state index contributed by atoms with van der Waals surface area (Å²) in [5.41, 5.74) is 0.477. The van der Waals surface area contributed by atoms with Crippen molar-refractivity contribution in [2.75, 3.05) is 0 Å². The van der Waals surface area contributed by atoms with Crippen molar-refractivity contribution in [3.8, 4) is 0 Å². The van der Waals surface area contributed by atoms with Crippen LogP contribution in [0.1, 0.15) is 59.8 Å². The molecule has 94 valence electrons. The van der Waals surface area contributed by atoms with Crippen LogP contribution < -0.4 is 0 Å². The predicted molar refractivity (Wildman–Crippen MR) is 68.3 cm³/mol. The minimum Gasteiger partial charge on any atom is -0.459 e. The molecule has 0 aliphatic heterocycles. The van der Waals surface area contributed by atoms with Gasteiger partial charge in [0, 0.05) is 5.57 Å². The number of esters is 1. The molecule has 0 spiro atoms. The van der Waals surface area contributed by atoms with Crippen molar-refractivity contribution in [1.82, 2.24) is 0 Å². The molecule has 0 aliphatic rings. The van der Waals surface area contributed by atoms with Crippen LogP contribution in [0, 0.1) is 5.92 Å². The van der Waals surface area contributed by atoms with Crippen molar-refractivity contribution in [2.24, 2.45) is 5.92 Å². The van der Waals surface area contributed by atoms with Gasteiger partial charge >= 0.3 is 5.97 Å². The molecule has 0 aliphatic carbocycles. The number of ether oxygens (including phenoxy) is 1. The van der Waals surface area contributed by atoms with E-state index in [-0.39, 0.29) is 12.1 Å². The fourth-order valence-electron chi connectivity index (χ4n) is 1.51. The fraction of sp³-hybridized carbons (Fsp3) is 0.786. The van der Waals surface area contributed by atoms with Crippen LogP contribution in [0.2, 0.25) is 0 Å². The van der Waals surface area contributed by atoms with Gasteiger partial charge in [-0.3, -0.25) is 0 Å². The van der Waals surface area contributed by atoms with E-state index in [0.29, 0.717) is 11.5 Å². The van der Waals surface area contributed by atoms with Gasteiger partial charge in [0.2, 0.25) is 0 Å². The lowest BCUT2D eigenvalue weighted by Gasteiger charge is -2.20. The molecule has 0 fully saturated rings. The molecule has 2 unspecified atom stereocenters. The van der Waals surface area contributed by atoms with Gasteiger partial charge in [0.05, 0.1) is 0 Å². The highest BCUT2D eigenvalue weighted by atomic mass is 16.5. The molecule has 16 heavy (non-hydrogen) atoms. The zero-order valence-corrected chi connectivity index (χ0v) is 11.2. The Balaban J connectivity index is 3.76. The molecule has 2 heteroatoms. The fourth-order valence-corrected chi connectivity index (χ4v) is 1.51. The molecule has 0 aromatic rings. The quantitative estimate of drug-likeness (QED) is 0.354. The Kier molecular flexibility index (Phi) is 7.96.